The molecule has 1 rings (SSSR count). The van der Waals surface area contributed by atoms with Crippen LogP contribution >= 0.6 is 23.2 Å². The monoisotopic (exact) mass is 282 g/mol. The molecule has 1 aromatic carbocycles. The molecule has 0 aromatic heterocycles. The number of carboxylic acids is 1. The molecule has 7 heteroatoms. The van der Waals surface area contributed by atoms with E-state index in [9.17, 15) is 19.4 Å². The molecule has 0 heterocycles. The SMILES string of the molecule is O=C(O)CC(O)C(O)c1cc(Cl)cc(F)c1Cl. The standard InChI is InChI=1S/C10H9Cl2FO4/c11-4-1-5(9(12)6(13)2-4)10(17)7(14)3-8(15)16/h1-2,7,10,14,17H,3H2,(H,15,16). The third kappa shape index (κ3) is 3.54. The summed E-state index contributed by atoms with van der Waals surface area (Å²) in [4.78, 5) is 10.4. The lowest BCUT2D eigenvalue weighted by Crippen LogP contribution is -2.22. The zero-order valence-electron chi connectivity index (χ0n) is 8.40. The Kier molecular flexibility index (Phi) is 4.70. The smallest absolute Gasteiger partial charge is 0.306 e. The highest BCUT2D eigenvalue weighted by molar-refractivity contribution is 6.33. The van der Waals surface area contributed by atoms with Gasteiger partial charge in [0.15, 0.2) is 0 Å². The maximum Gasteiger partial charge on any atom is 0.306 e. The summed E-state index contributed by atoms with van der Waals surface area (Å²) < 4.78 is 13.2. The summed E-state index contributed by atoms with van der Waals surface area (Å²) in [5, 5.41) is 27.1. The maximum atomic E-state index is 13.2. The highest BCUT2D eigenvalue weighted by atomic mass is 35.5. The number of benzene rings is 1. The fourth-order valence-corrected chi connectivity index (χ4v) is 1.72. The van der Waals surface area contributed by atoms with Crippen LogP contribution < -0.4 is 0 Å². The Balaban J connectivity index is 3.03. The topological polar surface area (TPSA) is 77.8 Å². The number of rotatable bonds is 4. The van der Waals surface area contributed by atoms with E-state index < -0.39 is 35.4 Å². The second kappa shape index (κ2) is 5.64. The Hall–Kier alpha value is -0.880. The Labute approximate surface area is 106 Å². The lowest BCUT2D eigenvalue weighted by molar-refractivity contribution is -0.141. The maximum absolute atomic E-state index is 13.2. The van der Waals surface area contributed by atoms with E-state index in [1.165, 1.54) is 6.07 Å². The fourth-order valence-electron chi connectivity index (χ4n) is 1.29. The van der Waals surface area contributed by atoms with Gasteiger partial charge < -0.3 is 15.3 Å². The molecular formula is C10H9Cl2FO4. The summed E-state index contributed by atoms with van der Waals surface area (Å²) in [7, 11) is 0. The number of aliphatic hydroxyl groups is 2. The van der Waals surface area contributed by atoms with E-state index in [4.69, 9.17) is 28.3 Å². The minimum Gasteiger partial charge on any atom is -0.481 e. The van der Waals surface area contributed by atoms with Crippen LogP contribution in [0.3, 0.4) is 0 Å². The number of hydrogen-bond acceptors (Lipinski definition) is 3. The van der Waals surface area contributed by atoms with Gasteiger partial charge in [-0.3, -0.25) is 4.79 Å². The third-order valence-electron chi connectivity index (χ3n) is 2.09. The predicted molar refractivity (Wildman–Crippen MR) is 59.6 cm³/mol. The minimum atomic E-state index is -1.62. The first-order valence-corrected chi connectivity index (χ1v) is 5.31. The quantitative estimate of drug-likeness (QED) is 0.738. The summed E-state index contributed by atoms with van der Waals surface area (Å²) in [6.45, 7) is 0. The zero-order chi connectivity index (χ0) is 13.2. The normalized spacial score (nSPS) is 14.4. The molecule has 0 saturated heterocycles. The van der Waals surface area contributed by atoms with Gasteiger partial charge in [-0.2, -0.15) is 0 Å². The van der Waals surface area contributed by atoms with Crippen molar-refractivity contribution in [2.45, 2.75) is 18.6 Å². The summed E-state index contributed by atoms with van der Waals surface area (Å²) in [6.07, 6.45) is -3.90. The van der Waals surface area contributed by atoms with Crippen molar-refractivity contribution in [3.05, 3.63) is 33.6 Å². The lowest BCUT2D eigenvalue weighted by atomic mass is 10.0. The predicted octanol–water partition coefficient (Wildman–Crippen LogP) is 2.00. The van der Waals surface area contributed by atoms with Crippen molar-refractivity contribution in [2.75, 3.05) is 0 Å². The van der Waals surface area contributed by atoms with Gasteiger partial charge in [0.2, 0.25) is 0 Å². The molecule has 4 nitrogen and oxygen atoms in total. The number of halogens is 3. The number of hydrogen-bond donors (Lipinski definition) is 3. The van der Waals surface area contributed by atoms with E-state index in [2.05, 4.69) is 0 Å². The van der Waals surface area contributed by atoms with Crippen molar-refractivity contribution in [1.82, 2.24) is 0 Å². The first-order valence-electron chi connectivity index (χ1n) is 4.55. The van der Waals surface area contributed by atoms with Gasteiger partial charge in [-0.25, -0.2) is 4.39 Å². The van der Waals surface area contributed by atoms with Gasteiger partial charge in [0, 0.05) is 10.6 Å². The second-order valence-corrected chi connectivity index (χ2v) is 4.22. The van der Waals surface area contributed by atoms with Crippen LogP contribution in [0.25, 0.3) is 0 Å². The molecule has 3 N–H and O–H groups in total. The van der Waals surface area contributed by atoms with Crippen molar-refractivity contribution in [1.29, 1.82) is 0 Å². The molecule has 0 aliphatic carbocycles. The van der Waals surface area contributed by atoms with Crippen LogP contribution in [0.4, 0.5) is 4.39 Å². The molecule has 0 saturated carbocycles. The van der Waals surface area contributed by atoms with Crippen LogP contribution in [0, 0.1) is 5.82 Å². The summed E-state index contributed by atoms with van der Waals surface area (Å²) in [6, 6.07) is 2.12. The van der Waals surface area contributed by atoms with Crippen molar-refractivity contribution in [2.24, 2.45) is 0 Å². The lowest BCUT2D eigenvalue weighted by Gasteiger charge is -2.18. The Morgan fingerprint density at radius 3 is 2.47 bits per heavy atom. The van der Waals surface area contributed by atoms with Crippen LogP contribution in [-0.2, 0) is 4.79 Å². The van der Waals surface area contributed by atoms with E-state index in [-0.39, 0.29) is 10.6 Å². The zero-order valence-corrected chi connectivity index (χ0v) is 9.91. The molecule has 1 aromatic rings. The van der Waals surface area contributed by atoms with Crippen molar-refractivity contribution in [3.63, 3.8) is 0 Å². The highest BCUT2D eigenvalue weighted by Crippen LogP contribution is 2.31. The second-order valence-electron chi connectivity index (χ2n) is 3.40. The summed E-state index contributed by atoms with van der Waals surface area (Å²) >= 11 is 11.2. The van der Waals surface area contributed by atoms with Gasteiger partial charge in [0.25, 0.3) is 0 Å². The van der Waals surface area contributed by atoms with Crippen LogP contribution in [-0.4, -0.2) is 27.4 Å². The summed E-state index contributed by atoms with van der Waals surface area (Å²) in [5.41, 5.74) is -0.148. The Bertz CT molecular complexity index is 439. The molecule has 0 spiro atoms. The average molecular weight is 283 g/mol. The molecule has 0 aliphatic rings. The van der Waals surface area contributed by atoms with E-state index in [1.807, 2.05) is 0 Å². The van der Waals surface area contributed by atoms with Crippen LogP contribution in [0.1, 0.15) is 18.1 Å². The summed E-state index contributed by atoms with van der Waals surface area (Å²) in [5.74, 6) is -2.15. The van der Waals surface area contributed by atoms with Crippen LogP contribution in [0.15, 0.2) is 12.1 Å². The van der Waals surface area contributed by atoms with Gasteiger partial charge in [-0.1, -0.05) is 23.2 Å². The molecule has 0 amide bonds. The van der Waals surface area contributed by atoms with Gasteiger partial charge in [-0.15, -0.1) is 0 Å². The molecule has 0 bridgehead atoms. The largest absolute Gasteiger partial charge is 0.481 e. The molecule has 17 heavy (non-hydrogen) atoms. The van der Waals surface area contributed by atoms with Crippen molar-refractivity contribution in [3.8, 4) is 0 Å². The van der Waals surface area contributed by atoms with Crippen molar-refractivity contribution >= 4 is 29.2 Å². The van der Waals surface area contributed by atoms with Crippen LogP contribution in [0.5, 0.6) is 0 Å². The first kappa shape index (κ1) is 14.2. The number of carboxylic acid groups (broad SMARTS) is 1. The Morgan fingerprint density at radius 2 is 1.94 bits per heavy atom. The molecule has 94 valence electrons. The van der Waals surface area contributed by atoms with Gasteiger partial charge in [-0.05, 0) is 12.1 Å². The average Bonchev–Trinajstić information content (AvgIpc) is 2.21. The number of aliphatic carboxylic acids is 1. The van der Waals surface area contributed by atoms with Gasteiger partial charge in [0.05, 0.1) is 17.5 Å². The fraction of sp³-hybridized carbons (Fsp3) is 0.300. The third-order valence-corrected chi connectivity index (χ3v) is 2.70. The van der Waals surface area contributed by atoms with Crippen molar-refractivity contribution < 1.29 is 24.5 Å². The van der Waals surface area contributed by atoms with Crippen LogP contribution in [0.2, 0.25) is 10.0 Å². The number of carbonyl (C=O) groups is 1. The minimum absolute atomic E-state index is 0.0107. The highest BCUT2D eigenvalue weighted by Gasteiger charge is 2.25. The molecule has 2 atom stereocenters. The molecule has 0 fully saturated rings. The molecule has 0 aliphatic heterocycles. The van der Waals surface area contributed by atoms with E-state index in [1.54, 1.807) is 0 Å². The van der Waals surface area contributed by atoms with E-state index >= 15 is 0 Å². The first-order chi connectivity index (χ1) is 7.82. The van der Waals surface area contributed by atoms with E-state index in [0.29, 0.717) is 0 Å². The molecular weight excluding hydrogens is 274 g/mol. The number of aliphatic hydroxyl groups excluding tert-OH is 2. The van der Waals surface area contributed by atoms with E-state index in [0.717, 1.165) is 6.07 Å². The molecule has 2 unspecified atom stereocenters. The Morgan fingerprint density at radius 1 is 1.35 bits per heavy atom. The molecule has 0 radical (unpaired) electrons. The van der Waals surface area contributed by atoms with Gasteiger partial charge >= 0.3 is 5.97 Å². The van der Waals surface area contributed by atoms with Gasteiger partial charge in [0.1, 0.15) is 11.9 Å².